The number of ketones is 2. The maximum atomic E-state index is 14.7. The molecule has 10 atom stereocenters. The van der Waals surface area contributed by atoms with Crippen molar-refractivity contribution in [1.29, 1.82) is 0 Å². The molecule has 5 aliphatic rings. The number of aliphatic hydroxyl groups excluding tert-OH is 2. The van der Waals surface area contributed by atoms with Crippen LogP contribution in [-0.2, 0) is 50.9 Å². The molecule has 0 spiro atoms. The van der Waals surface area contributed by atoms with Crippen LogP contribution in [0.2, 0.25) is 0 Å². The number of carbonyl (C=O) groups is 3. The van der Waals surface area contributed by atoms with Gasteiger partial charge in [-0.05, 0) is 130 Å². The zero-order valence-corrected chi connectivity index (χ0v) is 44.0. The molecule has 2 heterocycles. The zero-order chi connectivity index (χ0) is 52.5. The molecule has 0 amide bonds. The highest BCUT2D eigenvalue weighted by atomic mass is 31.2. The van der Waals surface area contributed by atoms with E-state index in [1.165, 1.54) is 17.7 Å². The molecule has 16 heteroatoms. The van der Waals surface area contributed by atoms with Gasteiger partial charge in [0.1, 0.15) is 5.75 Å². The highest BCUT2D eigenvalue weighted by Crippen LogP contribution is 2.69. The van der Waals surface area contributed by atoms with E-state index >= 15 is 0 Å². The largest absolute Gasteiger partial charge is 0.524 e. The molecule has 400 valence electrons. The molecule has 1 saturated heterocycles. The minimum absolute atomic E-state index is 0.0194. The Morgan fingerprint density at radius 2 is 1.80 bits per heavy atom. The van der Waals surface area contributed by atoms with E-state index in [4.69, 9.17) is 23.5 Å². The number of phosphoric ester groups is 1. The average Bonchev–Trinajstić information content (AvgIpc) is 3.94. The third kappa shape index (κ3) is 12.8. The van der Waals surface area contributed by atoms with Gasteiger partial charge in [0, 0.05) is 54.2 Å². The second-order valence-corrected chi connectivity index (χ2v) is 22.6. The predicted molar refractivity (Wildman–Crippen MR) is 277 cm³/mol. The van der Waals surface area contributed by atoms with E-state index in [1.807, 2.05) is 26.0 Å². The Bertz CT molecular complexity index is 2580. The smallest absolute Gasteiger partial charge is 0.454 e. The lowest BCUT2D eigenvalue weighted by atomic mass is 9.46. The lowest BCUT2D eigenvalue weighted by Gasteiger charge is -2.59. The van der Waals surface area contributed by atoms with Crippen LogP contribution in [0.5, 0.6) is 5.75 Å². The molecule has 3 saturated carbocycles. The third-order valence-electron chi connectivity index (χ3n) is 16.5. The Morgan fingerprint density at radius 3 is 2.58 bits per heavy atom. The molecule has 74 heavy (non-hydrogen) atoms. The first-order chi connectivity index (χ1) is 35.5. The van der Waals surface area contributed by atoms with Crippen molar-refractivity contribution >= 4 is 31.4 Å². The maximum Gasteiger partial charge on any atom is 0.524 e. The number of phosphoric acid groups is 1. The number of unbranched alkanes of at least 4 members (excludes halogenated alkanes) is 4. The van der Waals surface area contributed by atoms with Gasteiger partial charge in [0.2, 0.25) is 5.78 Å². The Labute approximate surface area is 435 Å². The molecule has 8 rings (SSSR count). The first-order valence-corrected chi connectivity index (χ1v) is 28.3. The number of carbonyl (C=O) groups excluding carboxylic acids is 3. The van der Waals surface area contributed by atoms with Crippen molar-refractivity contribution < 1.29 is 67.0 Å². The highest BCUT2D eigenvalue weighted by molar-refractivity contribution is 7.46. The van der Waals surface area contributed by atoms with Crippen LogP contribution < -0.4 is 14.4 Å². The van der Waals surface area contributed by atoms with Crippen molar-refractivity contribution in [2.75, 3.05) is 32.9 Å². The number of fused-ring (bicyclic) bond motifs is 7. The molecule has 4 aliphatic carbocycles. The van der Waals surface area contributed by atoms with E-state index in [9.17, 15) is 38.9 Å². The molecule has 2 aromatic carbocycles. The van der Waals surface area contributed by atoms with Crippen LogP contribution in [0.3, 0.4) is 0 Å². The molecule has 1 aromatic heterocycles. The summed E-state index contributed by atoms with van der Waals surface area (Å²) in [5.41, 5.74) is 1.23. The number of benzene rings is 2. The summed E-state index contributed by atoms with van der Waals surface area (Å²) >= 11 is 0. The topological polar surface area (TPSA) is 211 Å². The minimum Gasteiger partial charge on any atom is -0.454 e. The summed E-state index contributed by atoms with van der Waals surface area (Å²) in [6, 6.07) is 18.7. The number of nitrogens with one attached hydrogen (secondary N) is 1. The van der Waals surface area contributed by atoms with Gasteiger partial charge in [0.15, 0.2) is 43.2 Å². The van der Waals surface area contributed by atoms with E-state index in [0.717, 1.165) is 89.5 Å². The van der Waals surface area contributed by atoms with Crippen LogP contribution in [0.25, 0.3) is 6.08 Å². The second kappa shape index (κ2) is 24.5. The van der Waals surface area contributed by atoms with Gasteiger partial charge in [-0.15, -0.1) is 0 Å². The maximum absolute atomic E-state index is 14.7. The Morgan fingerprint density at radius 1 is 1.01 bits per heavy atom. The minimum atomic E-state index is -4.92. The van der Waals surface area contributed by atoms with Gasteiger partial charge in [-0.3, -0.25) is 19.4 Å². The zero-order valence-electron chi connectivity index (χ0n) is 43.1. The SMILES string of the molecule is CCCC1O[C@@H]2C[C@H]3[C@@H]4CCC5=CC(=O)C=C[C@]5(C)[C@H]4[C@@H](O)C[C@]3(C)[C@]2(C(=O)COC(=O)/C=C/c2ccc[n+](Cc3cc(C(O)CNCCCCCCOCCCCc4ccccc4)ccc3OP(=O)(O)O)c2)O1. The summed E-state index contributed by atoms with van der Waals surface area (Å²) in [5.74, 6) is -1.33. The van der Waals surface area contributed by atoms with Crippen LogP contribution in [-0.4, -0.2) is 94.5 Å². The molecule has 0 radical (unpaired) electrons. The van der Waals surface area contributed by atoms with Crippen molar-refractivity contribution in [1.82, 2.24) is 5.32 Å². The molecule has 1 aliphatic heterocycles. The number of ether oxygens (including phenoxy) is 4. The summed E-state index contributed by atoms with van der Waals surface area (Å²) in [6.45, 7) is 8.26. The third-order valence-corrected chi connectivity index (χ3v) is 16.9. The number of rotatable bonds is 26. The van der Waals surface area contributed by atoms with Gasteiger partial charge in [-0.1, -0.05) is 88.1 Å². The van der Waals surface area contributed by atoms with Crippen molar-refractivity contribution in [3.8, 4) is 5.75 Å². The fourth-order valence-corrected chi connectivity index (χ4v) is 13.4. The molecule has 3 aromatic rings. The Hall–Kier alpha value is -4.67. The number of pyridine rings is 1. The van der Waals surface area contributed by atoms with Gasteiger partial charge in [0.25, 0.3) is 0 Å². The number of allylic oxidation sites excluding steroid dienone is 4. The normalized spacial score (nSPS) is 28.5. The first kappa shape index (κ1) is 55.6. The van der Waals surface area contributed by atoms with E-state index < -0.39 is 67.2 Å². The van der Waals surface area contributed by atoms with E-state index in [0.29, 0.717) is 36.0 Å². The van der Waals surface area contributed by atoms with Gasteiger partial charge in [0.05, 0.1) is 23.9 Å². The van der Waals surface area contributed by atoms with Crippen molar-refractivity contribution in [2.24, 2.45) is 28.6 Å². The van der Waals surface area contributed by atoms with Crippen LogP contribution in [0.1, 0.15) is 126 Å². The van der Waals surface area contributed by atoms with E-state index in [1.54, 1.807) is 59.5 Å². The summed E-state index contributed by atoms with van der Waals surface area (Å²) in [4.78, 5) is 59.8. The Balaban J connectivity index is 0.833. The molecule has 0 bridgehead atoms. The highest BCUT2D eigenvalue weighted by Gasteiger charge is 2.76. The number of hydrogen-bond acceptors (Lipinski definition) is 12. The van der Waals surface area contributed by atoms with Gasteiger partial charge < -0.3 is 39.0 Å². The number of aliphatic hydroxyl groups is 2. The number of aromatic nitrogens is 1. The summed E-state index contributed by atoms with van der Waals surface area (Å²) in [6.07, 6.45) is 19.7. The van der Waals surface area contributed by atoms with Gasteiger partial charge in [-0.2, -0.15) is 0 Å². The van der Waals surface area contributed by atoms with E-state index in [2.05, 4.69) is 36.5 Å². The number of nitrogens with zero attached hydrogens (tertiary/aromatic N) is 1. The summed E-state index contributed by atoms with van der Waals surface area (Å²) in [5, 5.41) is 26.5. The lowest BCUT2D eigenvalue weighted by Crippen LogP contribution is -2.63. The molecule has 4 fully saturated rings. The summed E-state index contributed by atoms with van der Waals surface area (Å²) < 4.78 is 43.5. The van der Waals surface area contributed by atoms with Crippen LogP contribution in [0, 0.1) is 28.6 Å². The molecular weight excluding hydrogens is 964 g/mol. The van der Waals surface area contributed by atoms with Gasteiger partial charge in [-0.25, -0.2) is 13.9 Å². The lowest BCUT2D eigenvalue weighted by molar-refractivity contribution is -0.688. The van der Waals surface area contributed by atoms with Crippen LogP contribution in [0.4, 0.5) is 0 Å². The second-order valence-electron chi connectivity index (χ2n) is 21.5. The monoisotopic (exact) mass is 1040 g/mol. The summed E-state index contributed by atoms with van der Waals surface area (Å²) in [7, 11) is -4.92. The number of Topliss-reactive ketones (excluding diaryl/α,β-unsaturated/α-hetero) is 1. The molecule has 2 unspecified atom stereocenters. The number of aryl methyl sites for hydroxylation is 1. The fourth-order valence-electron chi connectivity index (χ4n) is 13.0. The quantitative estimate of drug-likeness (QED) is 0.0170. The molecular formula is C58H76N2O13P+. The van der Waals surface area contributed by atoms with Crippen molar-refractivity contribution in [3.05, 3.63) is 125 Å². The van der Waals surface area contributed by atoms with Gasteiger partial charge >= 0.3 is 13.8 Å². The average molecular weight is 1040 g/mol. The number of esters is 1. The standard InChI is InChI=1S/C58H75N2O13P/c1-4-15-54-71-52-34-47-46-23-22-44-33-45(61)26-27-56(44,2)55(46)48(62)35-57(47,3)58(52,72-54)51(64)39-70-53(65)25-20-41-19-14-29-60(37-41)38-43-32-42(21-24-50(43)73-74(66,67)68)49(63)36-59-28-11-5-6-12-30-69-31-13-10-18-40-16-8-7-9-17-40/h7-9,14,16-17,19-21,24-27,29,32-33,37,46-49,52,54-55,59,62-63H,4-6,10-13,15,18,22-23,28,30-31,34-36,38-39H2,1-3H3,(H-,66,67,68)/p+1/b25-20+/t46-,47-,48-,49?,52+,54?,55+,56-,57-,58+/m0/s1. The van der Waals surface area contributed by atoms with Crippen LogP contribution >= 0.6 is 7.82 Å². The number of hydrogen-bond donors (Lipinski definition) is 5. The first-order valence-electron chi connectivity index (χ1n) is 26.7. The van der Waals surface area contributed by atoms with Crippen molar-refractivity contribution in [2.45, 2.75) is 141 Å². The Kier molecular flexibility index (Phi) is 18.4. The van der Waals surface area contributed by atoms with Crippen LogP contribution in [0.15, 0.2) is 103 Å². The molecule has 15 nitrogen and oxygen atoms in total. The van der Waals surface area contributed by atoms with E-state index in [-0.39, 0.29) is 42.4 Å². The molecule has 5 N–H and O–H groups in total. The van der Waals surface area contributed by atoms with Crippen molar-refractivity contribution in [3.63, 3.8) is 0 Å². The fraction of sp³-hybridized carbons (Fsp3) is 0.552. The predicted octanol–water partition coefficient (Wildman–Crippen LogP) is 8.01.